The van der Waals surface area contributed by atoms with E-state index in [0.29, 0.717) is 17.5 Å². The molecular weight excluding hydrogens is 313 g/mol. The average Bonchev–Trinajstić information content (AvgIpc) is 2.59. The number of halogens is 3. The summed E-state index contributed by atoms with van der Waals surface area (Å²) in [4.78, 5) is 12.1. The highest BCUT2D eigenvalue weighted by Crippen LogP contribution is 2.34. The van der Waals surface area contributed by atoms with Crippen LogP contribution in [-0.2, 0) is 6.18 Å². The smallest absolute Gasteiger partial charge is 0.294 e. The summed E-state index contributed by atoms with van der Waals surface area (Å²) in [5.41, 5.74) is 1.31. The van der Waals surface area contributed by atoms with E-state index in [-0.39, 0.29) is 5.78 Å². The minimum Gasteiger partial charge on any atom is -0.294 e. The van der Waals surface area contributed by atoms with Crippen LogP contribution in [0.4, 0.5) is 13.2 Å². The van der Waals surface area contributed by atoms with E-state index in [4.69, 9.17) is 0 Å². The number of carbonyl (C=O) groups excluding carboxylic acids is 1. The third-order valence-corrected chi connectivity index (χ3v) is 4.03. The van der Waals surface area contributed by atoms with Crippen molar-refractivity contribution in [3.63, 3.8) is 0 Å². The van der Waals surface area contributed by atoms with Crippen LogP contribution in [0.15, 0.2) is 60.7 Å². The number of alkyl halides is 3. The lowest BCUT2D eigenvalue weighted by Gasteiger charge is -2.12. The number of hydrogen-bond donors (Lipinski definition) is 0. The monoisotopic (exact) mass is 328 g/mol. The molecule has 0 aliphatic carbocycles. The lowest BCUT2D eigenvalue weighted by Crippen LogP contribution is -2.04. The van der Waals surface area contributed by atoms with E-state index in [1.54, 1.807) is 13.0 Å². The van der Waals surface area contributed by atoms with Crippen molar-refractivity contribution in [1.29, 1.82) is 0 Å². The van der Waals surface area contributed by atoms with Crippen molar-refractivity contribution in [2.75, 3.05) is 0 Å². The Morgan fingerprint density at radius 1 is 0.958 bits per heavy atom. The summed E-state index contributed by atoms with van der Waals surface area (Å²) in [5.74, 6) is 0.00825. The molecule has 0 aliphatic rings. The Morgan fingerprint density at radius 3 is 2.25 bits per heavy atom. The molecule has 0 bridgehead atoms. The van der Waals surface area contributed by atoms with Gasteiger partial charge >= 0.3 is 6.18 Å². The van der Waals surface area contributed by atoms with Crippen molar-refractivity contribution in [2.24, 2.45) is 0 Å². The molecule has 0 radical (unpaired) electrons. The lowest BCUT2D eigenvalue weighted by atomic mass is 9.93. The van der Waals surface area contributed by atoms with E-state index in [1.807, 2.05) is 30.3 Å². The van der Waals surface area contributed by atoms with Crippen LogP contribution in [0.2, 0.25) is 0 Å². The molecule has 24 heavy (non-hydrogen) atoms. The van der Waals surface area contributed by atoms with Gasteiger partial charge < -0.3 is 0 Å². The van der Waals surface area contributed by atoms with Gasteiger partial charge in [0.25, 0.3) is 0 Å². The van der Waals surface area contributed by atoms with Gasteiger partial charge in [-0.3, -0.25) is 4.79 Å². The predicted molar refractivity (Wildman–Crippen MR) is 89.0 cm³/mol. The predicted octanol–water partition coefficient (Wildman–Crippen LogP) is 6.12. The van der Waals surface area contributed by atoms with E-state index in [0.717, 1.165) is 28.5 Å². The van der Waals surface area contributed by atoms with E-state index < -0.39 is 11.7 Å². The Bertz CT molecular complexity index is 893. The van der Waals surface area contributed by atoms with Gasteiger partial charge in [0.15, 0.2) is 5.78 Å². The third kappa shape index (κ3) is 3.04. The van der Waals surface area contributed by atoms with Crippen molar-refractivity contribution in [3.8, 4) is 11.1 Å². The molecule has 0 N–H and O–H groups in total. The topological polar surface area (TPSA) is 17.1 Å². The Hall–Kier alpha value is -2.62. The van der Waals surface area contributed by atoms with Crippen molar-refractivity contribution < 1.29 is 18.0 Å². The molecule has 0 spiro atoms. The van der Waals surface area contributed by atoms with Gasteiger partial charge in [-0.15, -0.1) is 0 Å². The molecule has 4 heteroatoms. The Labute approximate surface area is 137 Å². The van der Waals surface area contributed by atoms with Gasteiger partial charge in [-0.05, 0) is 46.2 Å². The summed E-state index contributed by atoms with van der Waals surface area (Å²) in [6, 6.07) is 16.2. The zero-order valence-corrected chi connectivity index (χ0v) is 13.0. The molecule has 0 aromatic heterocycles. The van der Waals surface area contributed by atoms with Gasteiger partial charge in [0.1, 0.15) is 0 Å². The molecule has 0 aliphatic heterocycles. The summed E-state index contributed by atoms with van der Waals surface area (Å²) < 4.78 is 38.2. The standard InChI is InChI=1S/C20H15F3O/c1-2-19(24)15-11-14-5-3-4-6-17(14)18(12-15)13-7-9-16(10-8-13)20(21,22)23/h3-12H,2H2,1H3. The molecule has 0 unspecified atom stereocenters. The number of hydrogen-bond acceptors (Lipinski definition) is 1. The highest BCUT2D eigenvalue weighted by Gasteiger charge is 2.30. The van der Waals surface area contributed by atoms with Gasteiger partial charge in [0.2, 0.25) is 0 Å². The highest BCUT2D eigenvalue weighted by atomic mass is 19.4. The van der Waals surface area contributed by atoms with Crippen LogP contribution in [0.1, 0.15) is 29.3 Å². The quantitative estimate of drug-likeness (QED) is 0.529. The number of fused-ring (bicyclic) bond motifs is 1. The maximum Gasteiger partial charge on any atom is 0.416 e. The van der Waals surface area contributed by atoms with Crippen LogP contribution in [-0.4, -0.2) is 5.78 Å². The van der Waals surface area contributed by atoms with E-state index in [9.17, 15) is 18.0 Å². The summed E-state index contributed by atoms with van der Waals surface area (Å²) in [6.45, 7) is 1.79. The summed E-state index contributed by atoms with van der Waals surface area (Å²) >= 11 is 0. The Kier molecular flexibility index (Phi) is 4.14. The Balaban J connectivity index is 2.19. The first-order chi connectivity index (χ1) is 11.4. The second-order valence-electron chi connectivity index (χ2n) is 5.60. The summed E-state index contributed by atoms with van der Waals surface area (Å²) in [5, 5.41) is 1.80. The molecule has 0 saturated heterocycles. The van der Waals surface area contributed by atoms with E-state index in [1.165, 1.54) is 12.1 Å². The first-order valence-electron chi connectivity index (χ1n) is 7.64. The fourth-order valence-corrected chi connectivity index (χ4v) is 2.75. The number of carbonyl (C=O) groups is 1. The van der Waals surface area contributed by atoms with Gasteiger partial charge in [-0.2, -0.15) is 13.2 Å². The molecule has 122 valence electrons. The molecule has 1 nitrogen and oxygen atoms in total. The number of benzene rings is 3. The number of rotatable bonds is 3. The highest BCUT2D eigenvalue weighted by molar-refractivity contribution is 6.05. The van der Waals surface area contributed by atoms with Gasteiger partial charge in [0, 0.05) is 12.0 Å². The molecule has 0 saturated carbocycles. The normalized spacial score (nSPS) is 11.7. The first kappa shape index (κ1) is 16.2. The lowest BCUT2D eigenvalue weighted by molar-refractivity contribution is -0.137. The van der Waals surface area contributed by atoms with Crippen LogP contribution < -0.4 is 0 Å². The zero-order valence-electron chi connectivity index (χ0n) is 13.0. The van der Waals surface area contributed by atoms with Crippen molar-refractivity contribution >= 4 is 16.6 Å². The van der Waals surface area contributed by atoms with Crippen LogP contribution in [0.5, 0.6) is 0 Å². The maximum absolute atomic E-state index is 12.7. The number of Topliss-reactive ketones (excluding diaryl/α,β-unsaturated/α-hetero) is 1. The van der Waals surface area contributed by atoms with Gasteiger partial charge in [0.05, 0.1) is 5.56 Å². The molecule has 0 fully saturated rings. The molecule has 3 aromatic rings. The molecular formula is C20H15F3O. The fraction of sp³-hybridized carbons (Fsp3) is 0.150. The van der Waals surface area contributed by atoms with Crippen LogP contribution >= 0.6 is 0 Å². The molecule has 3 aromatic carbocycles. The second kappa shape index (κ2) is 6.11. The minimum absolute atomic E-state index is 0.00825. The SMILES string of the molecule is CCC(=O)c1cc(-c2ccc(C(F)(F)F)cc2)c2ccccc2c1. The zero-order chi connectivity index (χ0) is 17.3. The van der Waals surface area contributed by atoms with E-state index in [2.05, 4.69) is 0 Å². The largest absolute Gasteiger partial charge is 0.416 e. The first-order valence-corrected chi connectivity index (χ1v) is 7.64. The summed E-state index contributed by atoms with van der Waals surface area (Å²) in [7, 11) is 0. The van der Waals surface area contributed by atoms with Gasteiger partial charge in [-0.25, -0.2) is 0 Å². The van der Waals surface area contributed by atoms with Crippen LogP contribution in [0.3, 0.4) is 0 Å². The average molecular weight is 328 g/mol. The fourth-order valence-electron chi connectivity index (χ4n) is 2.75. The third-order valence-electron chi connectivity index (χ3n) is 4.03. The second-order valence-corrected chi connectivity index (χ2v) is 5.60. The molecule has 0 amide bonds. The van der Waals surface area contributed by atoms with Crippen molar-refractivity contribution in [1.82, 2.24) is 0 Å². The van der Waals surface area contributed by atoms with Crippen LogP contribution in [0, 0.1) is 0 Å². The maximum atomic E-state index is 12.7. The molecule has 0 atom stereocenters. The van der Waals surface area contributed by atoms with Crippen molar-refractivity contribution in [3.05, 3.63) is 71.8 Å². The van der Waals surface area contributed by atoms with Crippen LogP contribution in [0.25, 0.3) is 21.9 Å². The number of ketones is 1. The molecule has 0 heterocycles. The van der Waals surface area contributed by atoms with E-state index >= 15 is 0 Å². The minimum atomic E-state index is -4.36. The molecule has 3 rings (SSSR count). The Morgan fingerprint density at radius 2 is 1.62 bits per heavy atom. The van der Waals surface area contributed by atoms with Gasteiger partial charge in [-0.1, -0.05) is 43.3 Å². The van der Waals surface area contributed by atoms with Crippen molar-refractivity contribution in [2.45, 2.75) is 19.5 Å². The summed E-state index contributed by atoms with van der Waals surface area (Å²) in [6.07, 6.45) is -3.98.